The van der Waals surface area contributed by atoms with E-state index in [1.807, 2.05) is 0 Å². The third-order valence-corrected chi connectivity index (χ3v) is 4.76. The maximum absolute atomic E-state index is 11.4. The van der Waals surface area contributed by atoms with E-state index >= 15 is 0 Å². The van der Waals surface area contributed by atoms with Gasteiger partial charge in [0, 0.05) is 0 Å². The molecule has 0 spiro atoms. The molecule has 0 aromatic heterocycles. The van der Waals surface area contributed by atoms with Crippen LogP contribution < -0.4 is 0 Å². The number of alkyl halides is 12. The fourth-order valence-electron chi connectivity index (χ4n) is 1.95. The molecule has 15 heteroatoms. The summed E-state index contributed by atoms with van der Waals surface area (Å²) in [7, 11) is 0. The Labute approximate surface area is 183 Å². The topological polar surface area (TPSA) is 49.7 Å². The summed E-state index contributed by atoms with van der Waals surface area (Å²) in [5.74, 6) is 0. The van der Waals surface area contributed by atoms with Crippen LogP contribution in [0, 0.1) is 0 Å². The molecule has 0 bridgehead atoms. The first-order valence-corrected chi connectivity index (χ1v) is 9.70. The highest BCUT2D eigenvalue weighted by Crippen LogP contribution is 2.43. The van der Waals surface area contributed by atoms with Crippen LogP contribution in [-0.4, -0.2) is 58.3 Å². The SMILES string of the molecule is CC(O)(C(F)(F)F)C(F)(F)F.CC(O)(C(F)(F)F)C(F)(F)F.CCC(C)OC1CCCCC1. The molecule has 1 fully saturated rings. The molecule has 0 aliphatic heterocycles. The Morgan fingerprint density at radius 2 is 0.939 bits per heavy atom. The summed E-state index contributed by atoms with van der Waals surface area (Å²) >= 11 is 0. The minimum atomic E-state index is -5.69. The molecule has 1 unspecified atom stereocenters. The Hall–Kier alpha value is -0.960. The van der Waals surface area contributed by atoms with Gasteiger partial charge in [0.15, 0.2) is 0 Å². The molecule has 1 aliphatic carbocycles. The molecule has 1 aliphatic rings. The predicted octanol–water partition coefficient (Wildman–Crippen LogP) is 6.86. The van der Waals surface area contributed by atoms with Crippen molar-refractivity contribution < 1.29 is 67.6 Å². The van der Waals surface area contributed by atoms with Gasteiger partial charge in [0.1, 0.15) is 0 Å². The van der Waals surface area contributed by atoms with Gasteiger partial charge < -0.3 is 14.9 Å². The van der Waals surface area contributed by atoms with E-state index in [2.05, 4.69) is 13.8 Å². The van der Waals surface area contributed by atoms with Gasteiger partial charge in [0.05, 0.1) is 12.2 Å². The Morgan fingerprint density at radius 3 is 1.12 bits per heavy atom. The zero-order chi connectivity index (χ0) is 27.1. The Kier molecular flexibility index (Phi) is 12.6. The van der Waals surface area contributed by atoms with Crippen molar-refractivity contribution in [2.75, 3.05) is 0 Å². The smallest absolute Gasteiger partial charge is 0.375 e. The second kappa shape index (κ2) is 12.1. The highest BCUT2D eigenvalue weighted by Gasteiger charge is 2.67. The summed E-state index contributed by atoms with van der Waals surface area (Å²) in [5.41, 5.74) is -9.25. The maximum atomic E-state index is 11.4. The van der Waals surface area contributed by atoms with Gasteiger partial charge in [-0.2, -0.15) is 52.7 Å². The van der Waals surface area contributed by atoms with Crippen molar-refractivity contribution in [1.82, 2.24) is 0 Å². The van der Waals surface area contributed by atoms with Gasteiger partial charge in [-0.15, -0.1) is 0 Å². The highest BCUT2D eigenvalue weighted by atomic mass is 19.4. The number of ether oxygens (including phenoxy) is 1. The molecule has 0 aromatic rings. The summed E-state index contributed by atoms with van der Waals surface area (Å²) < 4.78 is 142. The van der Waals surface area contributed by atoms with Gasteiger partial charge >= 0.3 is 24.7 Å². The van der Waals surface area contributed by atoms with E-state index in [0.717, 1.165) is 6.42 Å². The zero-order valence-electron chi connectivity index (χ0n) is 18.2. The molecule has 1 rings (SSSR count). The van der Waals surface area contributed by atoms with E-state index in [1.165, 1.54) is 32.1 Å². The van der Waals surface area contributed by atoms with Gasteiger partial charge in [-0.1, -0.05) is 26.2 Å². The van der Waals surface area contributed by atoms with E-state index in [-0.39, 0.29) is 13.8 Å². The highest BCUT2D eigenvalue weighted by molar-refractivity contribution is 4.89. The van der Waals surface area contributed by atoms with Crippen LogP contribution >= 0.6 is 0 Å². The van der Waals surface area contributed by atoms with E-state index in [0.29, 0.717) is 12.2 Å². The largest absolute Gasteiger partial charge is 0.425 e. The molecule has 0 heterocycles. The molecule has 0 saturated heterocycles. The first-order valence-electron chi connectivity index (χ1n) is 9.70. The third kappa shape index (κ3) is 10.9. The van der Waals surface area contributed by atoms with Crippen LogP contribution in [0.4, 0.5) is 52.7 Å². The standard InChI is InChI=1S/C10H20O.2C4H4F6O/c1-3-9(2)11-10-7-5-4-6-8-10;2*1-2(11,3(5,6)7)4(8,9)10/h9-10H,3-8H2,1-2H3;2*11H,1H3. The van der Waals surface area contributed by atoms with Crippen LogP contribution in [0.2, 0.25) is 0 Å². The van der Waals surface area contributed by atoms with Crippen molar-refractivity contribution in [3.63, 3.8) is 0 Å². The molecule has 0 radical (unpaired) electrons. The van der Waals surface area contributed by atoms with Crippen molar-refractivity contribution in [1.29, 1.82) is 0 Å². The minimum absolute atomic E-state index is 0.340. The summed E-state index contributed by atoms with van der Waals surface area (Å²) in [6.45, 7) is 3.68. The number of hydrogen-bond donors (Lipinski definition) is 2. The van der Waals surface area contributed by atoms with E-state index < -0.39 is 35.9 Å². The van der Waals surface area contributed by atoms with E-state index in [1.54, 1.807) is 0 Å². The summed E-state index contributed by atoms with van der Waals surface area (Å²) in [6, 6.07) is 0. The van der Waals surface area contributed by atoms with E-state index in [4.69, 9.17) is 14.9 Å². The van der Waals surface area contributed by atoms with Crippen LogP contribution in [0.15, 0.2) is 0 Å². The molecule has 1 atom stereocenters. The summed E-state index contributed by atoms with van der Waals surface area (Å²) in [6.07, 6.45) is -13.8. The van der Waals surface area contributed by atoms with Crippen LogP contribution in [0.1, 0.15) is 66.2 Å². The summed E-state index contributed by atoms with van der Waals surface area (Å²) in [4.78, 5) is 0. The fraction of sp³-hybridized carbons (Fsp3) is 1.00. The van der Waals surface area contributed by atoms with Crippen molar-refractivity contribution >= 4 is 0 Å². The van der Waals surface area contributed by atoms with Gasteiger partial charge in [0.2, 0.25) is 0 Å². The number of rotatable bonds is 3. The second-order valence-corrected chi connectivity index (χ2v) is 7.75. The van der Waals surface area contributed by atoms with Gasteiger partial charge in [-0.25, -0.2) is 0 Å². The molecule has 3 nitrogen and oxygen atoms in total. The number of aliphatic hydroxyl groups is 2. The molecule has 2 N–H and O–H groups in total. The third-order valence-electron chi connectivity index (χ3n) is 4.76. The average Bonchev–Trinajstić information content (AvgIpc) is 2.60. The van der Waals surface area contributed by atoms with Gasteiger partial charge in [0.25, 0.3) is 11.2 Å². The Balaban J connectivity index is 0. The lowest BCUT2D eigenvalue weighted by Crippen LogP contribution is -2.54. The molecular formula is C18H28F12O3. The van der Waals surface area contributed by atoms with Crippen molar-refractivity contribution in [2.45, 2.75) is 114 Å². The quantitative estimate of drug-likeness (QED) is 0.400. The van der Waals surface area contributed by atoms with Crippen molar-refractivity contribution in [2.24, 2.45) is 0 Å². The second-order valence-electron chi connectivity index (χ2n) is 7.75. The first-order chi connectivity index (χ1) is 14.3. The maximum Gasteiger partial charge on any atom is 0.425 e. The average molecular weight is 520 g/mol. The zero-order valence-corrected chi connectivity index (χ0v) is 18.2. The molecule has 1 saturated carbocycles. The van der Waals surface area contributed by atoms with Gasteiger partial charge in [-0.05, 0) is 40.0 Å². The van der Waals surface area contributed by atoms with Crippen LogP contribution in [0.3, 0.4) is 0 Å². The van der Waals surface area contributed by atoms with Crippen molar-refractivity contribution in [3.05, 3.63) is 0 Å². The van der Waals surface area contributed by atoms with E-state index in [9.17, 15) is 52.7 Å². The lowest BCUT2D eigenvalue weighted by molar-refractivity contribution is -0.361. The lowest BCUT2D eigenvalue weighted by Gasteiger charge is -2.28. The molecule has 33 heavy (non-hydrogen) atoms. The number of halogens is 12. The monoisotopic (exact) mass is 520 g/mol. The first kappa shape index (κ1) is 34.2. The number of hydrogen-bond acceptors (Lipinski definition) is 3. The van der Waals surface area contributed by atoms with Crippen molar-refractivity contribution in [3.8, 4) is 0 Å². The summed E-state index contributed by atoms with van der Waals surface area (Å²) in [5, 5.41) is 15.9. The van der Waals surface area contributed by atoms with Crippen LogP contribution in [0.5, 0.6) is 0 Å². The Morgan fingerprint density at radius 1 is 0.667 bits per heavy atom. The molecule has 0 aromatic carbocycles. The normalized spacial score (nSPS) is 18.0. The minimum Gasteiger partial charge on any atom is -0.375 e. The van der Waals surface area contributed by atoms with Crippen LogP contribution in [0.25, 0.3) is 0 Å². The Bertz CT molecular complexity index is 474. The lowest BCUT2D eigenvalue weighted by atomic mass is 9.97. The fourth-order valence-corrected chi connectivity index (χ4v) is 1.95. The van der Waals surface area contributed by atoms with Crippen LogP contribution in [-0.2, 0) is 4.74 Å². The van der Waals surface area contributed by atoms with Gasteiger partial charge in [-0.3, -0.25) is 0 Å². The molecule has 202 valence electrons. The molecule has 0 amide bonds. The predicted molar refractivity (Wildman–Crippen MR) is 93.2 cm³/mol. The molecular weight excluding hydrogens is 492 g/mol.